The Kier molecular flexibility index (Phi) is 8.02. The molecular weight excluding hydrogens is 446 g/mol. The van der Waals surface area contributed by atoms with Gasteiger partial charge in [-0.05, 0) is 54.1 Å². The summed E-state index contributed by atoms with van der Waals surface area (Å²) in [7, 11) is -3.43. The maximum absolute atomic E-state index is 12.6. The second-order valence-corrected chi connectivity index (χ2v) is 10.1. The van der Waals surface area contributed by atoms with Crippen LogP contribution in [0.4, 0.5) is 11.4 Å². The van der Waals surface area contributed by atoms with E-state index in [1.165, 1.54) is 4.88 Å². The van der Waals surface area contributed by atoms with E-state index in [2.05, 4.69) is 21.4 Å². The number of para-hydroxylation sites is 1. The molecule has 0 saturated carbocycles. The molecule has 0 saturated heterocycles. The highest BCUT2D eigenvalue weighted by molar-refractivity contribution is 7.92. The molecule has 32 heavy (non-hydrogen) atoms. The smallest absolute Gasteiger partial charge is 0.251 e. The third-order valence-corrected chi connectivity index (χ3v) is 6.09. The van der Waals surface area contributed by atoms with Gasteiger partial charge < -0.3 is 10.6 Å². The van der Waals surface area contributed by atoms with Gasteiger partial charge in [0, 0.05) is 29.1 Å². The van der Waals surface area contributed by atoms with Gasteiger partial charge in [0.25, 0.3) is 5.91 Å². The van der Waals surface area contributed by atoms with E-state index < -0.39 is 10.0 Å². The van der Waals surface area contributed by atoms with E-state index in [9.17, 15) is 18.0 Å². The summed E-state index contributed by atoms with van der Waals surface area (Å²) in [5.74, 6) is -0.423. The van der Waals surface area contributed by atoms with Crippen molar-refractivity contribution < 1.29 is 18.0 Å². The molecule has 2 aromatic carbocycles. The van der Waals surface area contributed by atoms with Gasteiger partial charge >= 0.3 is 0 Å². The van der Waals surface area contributed by atoms with Gasteiger partial charge in [0.05, 0.1) is 11.9 Å². The molecule has 1 heterocycles. The van der Waals surface area contributed by atoms with Crippen LogP contribution in [-0.2, 0) is 27.8 Å². The Balaban J connectivity index is 1.54. The molecule has 0 unspecified atom stereocenters. The van der Waals surface area contributed by atoms with Crippen LogP contribution in [0.5, 0.6) is 0 Å². The SMILES string of the molecule is CS(=O)(=O)Nc1ccccc1CNC(=O)c1cccc(NC(=O)CCCc2cccs2)c1. The summed E-state index contributed by atoms with van der Waals surface area (Å²) in [6.45, 7) is 0.150. The van der Waals surface area contributed by atoms with Crippen molar-refractivity contribution in [3.8, 4) is 0 Å². The molecule has 3 rings (SSSR count). The Bertz CT molecular complexity index is 1180. The van der Waals surface area contributed by atoms with Crippen LogP contribution in [0.15, 0.2) is 66.0 Å². The molecule has 0 bridgehead atoms. The molecule has 3 N–H and O–H groups in total. The standard InChI is InChI=1S/C23H25N3O4S2/c1-32(29,30)26-21-12-3-2-7-18(21)16-24-23(28)17-8-4-9-19(15-17)25-22(27)13-5-10-20-11-6-14-31-20/h2-4,6-9,11-12,14-15,26H,5,10,13,16H2,1H3,(H,24,28)(H,25,27). The molecular formula is C23H25N3O4S2. The van der Waals surface area contributed by atoms with E-state index in [1.807, 2.05) is 11.4 Å². The van der Waals surface area contributed by atoms with E-state index in [4.69, 9.17) is 0 Å². The number of nitrogens with one attached hydrogen (secondary N) is 3. The van der Waals surface area contributed by atoms with Crippen molar-refractivity contribution in [2.24, 2.45) is 0 Å². The summed E-state index contributed by atoms with van der Waals surface area (Å²) in [6, 6.07) is 17.6. The zero-order chi connectivity index (χ0) is 23.0. The maximum Gasteiger partial charge on any atom is 0.251 e. The number of rotatable bonds is 10. The number of carbonyl (C=O) groups excluding carboxylic acids is 2. The first kappa shape index (κ1) is 23.5. The van der Waals surface area contributed by atoms with E-state index in [1.54, 1.807) is 59.9 Å². The lowest BCUT2D eigenvalue weighted by molar-refractivity contribution is -0.116. The molecule has 3 aromatic rings. The summed E-state index contributed by atoms with van der Waals surface area (Å²) < 4.78 is 25.5. The van der Waals surface area contributed by atoms with Crippen molar-refractivity contribution in [3.05, 3.63) is 82.0 Å². The Morgan fingerprint density at radius 2 is 1.81 bits per heavy atom. The Morgan fingerprint density at radius 1 is 1.00 bits per heavy atom. The van der Waals surface area contributed by atoms with Crippen LogP contribution in [0, 0.1) is 0 Å². The van der Waals surface area contributed by atoms with Crippen molar-refractivity contribution in [2.45, 2.75) is 25.8 Å². The number of benzene rings is 2. The fraction of sp³-hybridized carbons (Fsp3) is 0.217. The fourth-order valence-electron chi connectivity index (χ4n) is 3.09. The summed E-state index contributed by atoms with van der Waals surface area (Å²) in [4.78, 5) is 26.1. The van der Waals surface area contributed by atoms with E-state index in [-0.39, 0.29) is 18.4 Å². The van der Waals surface area contributed by atoms with E-state index >= 15 is 0 Å². The number of amides is 2. The first-order valence-electron chi connectivity index (χ1n) is 10.1. The molecule has 0 radical (unpaired) electrons. The Labute approximate surface area is 191 Å². The van der Waals surface area contributed by atoms with Gasteiger partial charge in [-0.3, -0.25) is 14.3 Å². The number of anilines is 2. The highest BCUT2D eigenvalue weighted by Crippen LogP contribution is 2.17. The van der Waals surface area contributed by atoms with E-state index in [0.717, 1.165) is 19.1 Å². The highest BCUT2D eigenvalue weighted by Gasteiger charge is 2.11. The number of carbonyl (C=O) groups is 2. The zero-order valence-corrected chi connectivity index (χ0v) is 19.3. The summed E-state index contributed by atoms with van der Waals surface area (Å²) in [6.07, 6.45) is 3.10. The van der Waals surface area contributed by atoms with Gasteiger partial charge in [0.2, 0.25) is 15.9 Å². The third-order valence-electron chi connectivity index (χ3n) is 4.57. The van der Waals surface area contributed by atoms with Gasteiger partial charge in [-0.1, -0.05) is 30.3 Å². The second-order valence-electron chi connectivity index (χ2n) is 7.28. The zero-order valence-electron chi connectivity index (χ0n) is 17.6. The molecule has 7 nitrogen and oxygen atoms in total. The molecule has 0 aliphatic heterocycles. The lowest BCUT2D eigenvalue weighted by atomic mass is 10.1. The van der Waals surface area contributed by atoms with Gasteiger partial charge in [0.1, 0.15) is 0 Å². The van der Waals surface area contributed by atoms with Crippen LogP contribution in [0.25, 0.3) is 0 Å². The molecule has 9 heteroatoms. The molecule has 0 fully saturated rings. The molecule has 0 aliphatic carbocycles. The number of thiophene rings is 1. The van der Waals surface area contributed by atoms with Crippen molar-refractivity contribution in [3.63, 3.8) is 0 Å². The van der Waals surface area contributed by atoms with Crippen LogP contribution >= 0.6 is 11.3 Å². The second kappa shape index (κ2) is 10.9. The quantitative estimate of drug-likeness (QED) is 0.415. The molecule has 2 amide bonds. The predicted molar refractivity (Wildman–Crippen MR) is 128 cm³/mol. The van der Waals surface area contributed by atoms with Crippen LogP contribution in [0.3, 0.4) is 0 Å². The minimum Gasteiger partial charge on any atom is -0.348 e. The normalized spacial score (nSPS) is 11.0. The molecule has 0 atom stereocenters. The van der Waals surface area contributed by atoms with Gasteiger partial charge in [-0.25, -0.2) is 8.42 Å². The number of hydrogen-bond donors (Lipinski definition) is 3. The fourth-order valence-corrected chi connectivity index (χ4v) is 4.44. The van der Waals surface area contributed by atoms with Crippen LogP contribution in [0.1, 0.15) is 33.6 Å². The number of hydrogen-bond acceptors (Lipinski definition) is 5. The monoisotopic (exact) mass is 471 g/mol. The number of sulfonamides is 1. The first-order valence-corrected chi connectivity index (χ1v) is 12.8. The number of aryl methyl sites for hydroxylation is 1. The predicted octanol–water partition coefficient (Wildman–Crippen LogP) is 4.01. The van der Waals surface area contributed by atoms with Crippen molar-refractivity contribution in [2.75, 3.05) is 16.3 Å². The first-order chi connectivity index (χ1) is 15.3. The molecule has 1 aromatic heterocycles. The van der Waals surface area contributed by atoms with Crippen LogP contribution < -0.4 is 15.4 Å². The maximum atomic E-state index is 12.6. The van der Waals surface area contributed by atoms with Gasteiger partial charge in [-0.15, -0.1) is 11.3 Å². The summed E-state index contributed by atoms with van der Waals surface area (Å²) in [5.41, 5.74) is 2.01. The highest BCUT2D eigenvalue weighted by atomic mass is 32.2. The Morgan fingerprint density at radius 3 is 2.56 bits per heavy atom. The largest absolute Gasteiger partial charge is 0.348 e. The molecule has 0 aliphatic rings. The van der Waals surface area contributed by atoms with Crippen LogP contribution in [0.2, 0.25) is 0 Å². The lowest BCUT2D eigenvalue weighted by Gasteiger charge is -2.12. The van der Waals surface area contributed by atoms with Gasteiger partial charge in [0.15, 0.2) is 0 Å². The Hall–Kier alpha value is -3.17. The average Bonchev–Trinajstić information content (AvgIpc) is 3.25. The summed E-state index contributed by atoms with van der Waals surface area (Å²) in [5, 5.41) is 7.64. The van der Waals surface area contributed by atoms with Crippen LogP contribution in [-0.4, -0.2) is 26.5 Å². The van der Waals surface area contributed by atoms with E-state index in [0.29, 0.717) is 28.9 Å². The van der Waals surface area contributed by atoms with Crippen molar-refractivity contribution in [1.29, 1.82) is 0 Å². The summed E-state index contributed by atoms with van der Waals surface area (Å²) >= 11 is 1.68. The van der Waals surface area contributed by atoms with Crippen molar-refractivity contribution >= 4 is 44.5 Å². The minimum absolute atomic E-state index is 0.0973. The third kappa shape index (κ3) is 7.51. The lowest BCUT2D eigenvalue weighted by Crippen LogP contribution is -2.24. The minimum atomic E-state index is -3.43. The average molecular weight is 472 g/mol. The molecule has 0 spiro atoms. The molecule has 168 valence electrons. The van der Waals surface area contributed by atoms with Crippen molar-refractivity contribution in [1.82, 2.24) is 5.32 Å². The topological polar surface area (TPSA) is 104 Å². The van der Waals surface area contributed by atoms with Gasteiger partial charge in [-0.2, -0.15) is 0 Å².